The zero-order valence-corrected chi connectivity index (χ0v) is 8.47. The molecule has 2 N–H and O–H groups in total. The van der Waals surface area contributed by atoms with Crippen LogP contribution in [-0.4, -0.2) is 30.6 Å². The third-order valence-electron chi connectivity index (χ3n) is 3.13. The molecular formula is C10H22N2. The van der Waals surface area contributed by atoms with Gasteiger partial charge in [0.25, 0.3) is 0 Å². The zero-order valence-electron chi connectivity index (χ0n) is 8.47. The van der Waals surface area contributed by atoms with Crippen LogP contribution in [0.4, 0.5) is 0 Å². The molecule has 0 aromatic rings. The Morgan fingerprint density at radius 1 is 1.33 bits per heavy atom. The first kappa shape index (κ1) is 10.0. The van der Waals surface area contributed by atoms with Gasteiger partial charge in [-0.25, -0.2) is 0 Å². The summed E-state index contributed by atoms with van der Waals surface area (Å²) in [6.45, 7) is 4.49. The van der Waals surface area contributed by atoms with Gasteiger partial charge in [-0.3, -0.25) is 0 Å². The van der Waals surface area contributed by atoms with Gasteiger partial charge in [0.1, 0.15) is 0 Å². The molecular weight excluding hydrogens is 148 g/mol. The average Bonchev–Trinajstić information content (AvgIpc) is 2.49. The molecule has 2 nitrogen and oxygen atoms in total. The maximum Gasteiger partial charge on any atom is 0.0166 e. The molecule has 0 heterocycles. The quantitative estimate of drug-likeness (QED) is 0.694. The average molecular weight is 170 g/mol. The highest BCUT2D eigenvalue weighted by atomic mass is 15.1. The summed E-state index contributed by atoms with van der Waals surface area (Å²) < 4.78 is 0. The molecule has 1 saturated carbocycles. The second-order valence-corrected chi connectivity index (χ2v) is 4.22. The first-order valence-corrected chi connectivity index (χ1v) is 5.14. The number of hydrogen-bond donors (Lipinski definition) is 1. The van der Waals surface area contributed by atoms with Gasteiger partial charge >= 0.3 is 0 Å². The summed E-state index contributed by atoms with van der Waals surface area (Å²) in [5, 5.41) is 0. The van der Waals surface area contributed by atoms with Gasteiger partial charge in [0.05, 0.1) is 0 Å². The van der Waals surface area contributed by atoms with Crippen LogP contribution < -0.4 is 5.73 Å². The summed E-state index contributed by atoms with van der Waals surface area (Å²) >= 11 is 0. The Kier molecular flexibility index (Phi) is 3.53. The van der Waals surface area contributed by atoms with Crippen molar-refractivity contribution in [1.82, 2.24) is 4.90 Å². The van der Waals surface area contributed by atoms with Gasteiger partial charge in [-0.2, -0.15) is 0 Å². The van der Waals surface area contributed by atoms with E-state index in [0.717, 1.165) is 13.1 Å². The van der Waals surface area contributed by atoms with Crippen molar-refractivity contribution in [2.24, 2.45) is 5.73 Å². The fraction of sp³-hybridized carbons (Fsp3) is 1.00. The van der Waals surface area contributed by atoms with E-state index in [2.05, 4.69) is 18.9 Å². The lowest BCUT2D eigenvalue weighted by molar-refractivity contribution is 0.290. The fourth-order valence-electron chi connectivity index (χ4n) is 1.90. The second kappa shape index (κ2) is 4.24. The molecule has 0 atom stereocenters. The van der Waals surface area contributed by atoms with E-state index in [4.69, 9.17) is 5.73 Å². The van der Waals surface area contributed by atoms with Crippen LogP contribution in [0.1, 0.15) is 39.0 Å². The molecule has 0 saturated heterocycles. The Labute approximate surface area is 76.1 Å². The van der Waals surface area contributed by atoms with Gasteiger partial charge in [0, 0.05) is 5.54 Å². The molecule has 1 aliphatic rings. The van der Waals surface area contributed by atoms with E-state index in [9.17, 15) is 0 Å². The lowest BCUT2D eigenvalue weighted by Crippen LogP contribution is -2.39. The third-order valence-corrected chi connectivity index (χ3v) is 3.13. The Morgan fingerprint density at radius 2 is 1.92 bits per heavy atom. The number of nitrogens with zero attached hydrogens (tertiary/aromatic N) is 1. The van der Waals surface area contributed by atoms with Crippen LogP contribution in [0.3, 0.4) is 0 Å². The molecule has 0 bridgehead atoms. The van der Waals surface area contributed by atoms with E-state index in [1.165, 1.54) is 32.1 Å². The van der Waals surface area contributed by atoms with Crippen LogP contribution in [0.25, 0.3) is 0 Å². The summed E-state index contributed by atoms with van der Waals surface area (Å²) in [6.07, 6.45) is 6.34. The number of rotatable bonds is 4. The van der Waals surface area contributed by atoms with E-state index in [1.54, 1.807) is 0 Å². The molecule has 0 radical (unpaired) electrons. The molecule has 0 unspecified atom stereocenters. The summed E-state index contributed by atoms with van der Waals surface area (Å²) in [4.78, 5) is 2.34. The van der Waals surface area contributed by atoms with Crippen molar-refractivity contribution in [2.75, 3.05) is 20.1 Å². The van der Waals surface area contributed by atoms with Gasteiger partial charge in [-0.15, -0.1) is 0 Å². The van der Waals surface area contributed by atoms with Crippen LogP contribution in [0, 0.1) is 0 Å². The van der Waals surface area contributed by atoms with Gasteiger partial charge < -0.3 is 10.6 Å². The van der Waals surface area contributed by atoms with Crippen molar-refractivity contribution in [3.63, 3.8) is 0 Å². The van der Waals surface area contributed by atoms with Gasteiger partial charge in [-0.05, 0) is 39.4 Å². The van der Waals surface area contributed by atoms with Crippen molar-refractivity contribution in [3.05, 3.63) is 0 Å². The zero-order chi connectivity index (χ0) is 9.03. The van der Waals surface area contributed by atoms with Crippen molar-refractivity contribution in [2.45, 2.75) is 44.6 Å². The topological polar surface area (TPSA) is 29.3 Å². The second-order valence-electron chi connectivity index (χ2n) is 4.22. The Bertz CT molecular complexity index is 128. The molecule has 1 aliphatic carbocycles. The fourth-order valence-corrected chi connectivity index (χ4v) is 1.90. The standard InChI is InChI=1S/C10H22N2/c1-3-12(2)9-8-10(11)6-4-5-7-10/h3-9,11H2,1-2H3. The summed E-state index contributed by atoms with van der Waals surface area (Å²) in [7, 11) is 2.16. The van der Waals surface area contributed by atoms with Crippen molar-refractivity contribution in [3.8, 4) is 0 Å². The minimum absolute atomic E-state index is 0.184. The third kappa shape index (κ3) is 2.76. The Balaban J connectivity index is 2.21. The number of nitrogens with two attached hydrogens (primary N) is 1. The molecule has 0 aromatic carbocycles. The van der Waals surface area contributed by atoms with Gasteiger partial charge in [0.15, 0.2) is 0 Å². The molecule has 1 fully saturated rings. The smallest absolute Gasteiger partial charge is 0.0166 e. The largest absolute Gasteiger partial charge is 0.325 e. The van der Waals surface area contributed by atoms with Crippen LogP contribution in [0.5, 0.6) is 0 Å². The molecule has 1 rings (SSSR count). The molecule has 0 aromatic heterocycles. The highest BCUT2D eigenvalue weighted by Crippen LogP contribution is 2.29. The van der Waals surface area contributed by atoms with Crippen molar-refractivity contribution >= 4 is 0 Å². The predicted molar refractivity (Wildman–Crippen MR) is 53.2 cm³/mol. The molecule has 2 heteroatoms. The van der Waals surface area contributed by atoms with Gasteiger partial charge in [0.2, 0.25) is 0 Å². The Hall–Kier alpha value is -0.0800. The van der Waals surface area contributed by atoms with Crippen molar-refractivity contribution < 1.29 is 0 Å². The maximum atomic E-state index is 6.24. The van der Waals surface area contributed by atoms with E-state index in [0.29, 0.717) is 0 Å². The summed E-state index contributed by atoms with van der Waals surface area (Å²) in [6, 6.07) is 0. The molecule has 12 heavy (non-hydrogen) atoms. The van der Waals surface area contributed by atoms with Crippen LogP contribution in [-0.2, 0) is 0 Å². The van der Waals surface area contributed by atoms with E-state index in [-0.39, 0.29) is 5.54 Å². The molecule has 0 spiro atoms. The lowest BCUT2D eigenvalue weighted by atomic mass is 9.95. The van der Waals surface area contributed by atoms with Crippen LogP contribution in [0.2, 0.25) is 0 Å². The first-order chi connectivity index (χ1) is 5.66. The lowest BCUT2D eigenvalue weighted by Gasteiger charge is -2.26. The molecule has 0 amide bonds. The normalized spacial score (nSPS) is 22.0. The highest BCUT2D eigenvalue weighted by Gasteiger charge is 2.28. The van der Waals surface area contributed by atoms with E-state index in [1.807, 2.05) is 0 Å². The van der Waals surface area contributed by atoms with Crippen LogP contribution in [0.15, 0.2) is 0 Å². The first-order valence-electron chi connectivity index (χ1n) is 5.14. The van der Waals surface area contributed by atoms with Gasteiger partial charge in [-0.1, -0.05) is 19.8 Å². The SMILES string of the molecule is CCN(C)CCC1(N)CCCC1. The van der Waals surface area contributed by atoms with Crippen molar-refractivity contribution in [1.29, 1.82) is 0 Å². The monoisotopic (exact) mass is 170 g/mol. The minimum atomic E-state index is 0.184. The highest BCUT2D eigenvalue weighted by molar-refractivity contribution is 4.89. The molecule has 72 valence electrons. The Morgan fingerprint density at radius 3 is 2.42 bits per heavy atom. The predicted octanol–water partition coefficient (Wildman–Crippen LogP) is 1.60. The summed E-state index contributed by atoms with van der Waals surface area (Å²) in [5.74, 6) is 0. The van der Waals surface area contributed by atoms with E-state index >= 15 is 0 Å². The summed E-state index contributed by atoms with van der Waals surface area (Å²) in [5.41, 5.74) is 6.42. The number of hydrogen-bond acceptors (Lipinski definition) is 2. The van der Waals surface area contributed by atoms with E-state index < -0.39 is 0 Å². The minimum Gasteiger partial charge on any atom is -0.325 e. The molecule has 0 aliphatic heterocycles. The maximum absolute atomic E-state index is 6.24. The van der Waals surface area contributed by atoms with Crippen LogP contribution >= 0.6 is 0 Å².